The van der Waals surface area contributed by atoms with Crippen molar-refractivity contribution in [3.05, 3.63) is 60.3 Å². The third kappa shape index (κ3) is 4.72. The maximum atomic E-state index is 13.0. The van der Waals surface area contributed by atoms with Gasteiger partial charge in [-0.25, -0.2) is 0 Å². The first kappa shape index (κ1) is 24.6. The summed E-state index contributed by atoms with van der Waals surface area (Å²) in [4.78, 5) is 17.5. The number of ether oxygens (including phenoxy) is 3. The summed E-state index contributed by atoms with van der Waals surface area (Å²) in [5, 5.41) is 3.12. The van der Waals surface area contributed by atoms with Crippen LogP contribution < -0.4 is 25.3 Å². The summed E-state index contributed by atoms with van der Waals surface area (Å²) in [6, 6.07) is 14.9. The molecule has 1 amide bonds. The van der Waals surface area contributed by atoms with Gasteiger partial charge in [-0.05, 0) is 48.7 Å². The predicted molar refractivity (Wildman–Crippen MR) is 142 cm³/mol. The van der Waals surface area contributed by atoms with E-state index >= 15 is 0 Å². The molecule has 8 heteroatoms. The first-order valence-electron chi connectivity index (χ1n) is 12.4. The van der Waals surface area contributed by atoms with Gasteiger partial charge in [-0.2, -0.15) is 0 Å². The highest BCUT2D eigenvalue weighted by Crippen LogP contribution is 2.45. The number of hydrogen-bond acceptors (Lipinski definition) is 7. The molecule has 4 aromatic rings. The van der Waals surface area contributed by atoms with Crippen molar-refractivity contribution in [2.24, 2.45) is 5.73 Å². The molecule has 5 rings (SSSR count). The topological polar surface area (TPSA) is 109 Å². The summed E-state index contributed by atoms with van der Waals surface area (Å²) >= 11 is 0. The van der Waals surface area contributed by atoms with Crippen molar-refractivity contribution < 1.29 is 23.4 Å². The molecule has 0 saturated heterocycles. The fourth-order valence-electron chi connectivity index (χ4n) is 5.01. The van der Waals surface area contributed by atoms with E-state index in [1.807, 2.05) is 42.5 Å². The third-order valence-electron chi connectivity index (χ3n) is 6.95. The molecule has 0 bridgehead atoms. The maximum absolute atomic E-state index is 13.0. The molecule has 8 nitrogen and oxygen atoms in total. The molecule has 192 valence electrons. The number of carbonyl (C=O) groups excluding carboxylic acids is 1. The number of carbonyl (C=O) groups is 1. The van der Waals surface area contributed by atoms with Crippen LogP contribution in [-0.2, 0) is 0 Å². The number of nitrogens with two attached hydrogens (primary N) is 1. The van der Waals surface area contributed by atoms with E-state index in [2.05, 4.69) is 10.3 Å². The molecule has 0 radical (unpaired) electrons. The number of hydrogen-bond donors (Lipinski definition) is 2. The van der Waals surface area contributed by atoms with Crippen LogP contribution in [0.25, 0.3) is 33.6 Å². The number of furan rings is 1. The average Bonchev–Trinajstić information content (AvgIpc) is 3.37. The van der Waals surface area contributed by atoms with Crippen LogP contribution in [0.1, 0.15) is 36.0 Å². The van der Waals surface area contributed by atoms with Crippen LogP contribution in [-0.4, -0.2) is 44.3 Å². The SMILES string of the molecule is COc1ccc(-c2cc3nccc(-c4cccc(C(=O)NC5CCCCC5N)c4)c3o2)c(OC)c1OC. The Hall–Kier alpha value is -4.04. The number of benzene rings is 2. The highest BCUT2D eigenvalue weighted by atomic mass is 16.5. The Morgan fingerprint density at radius 1 is 0.973 bits per heavy atom. The Bertz CT molecular complexity index is 1430. The minimum Gasteiger partial charge on any atom is -0.493 e. The van der Waals surface area contributed by atoms with E-state index in [9.17, 15) is 4.79 Å². The number of amides is 1. The van der Waals surface area contributed by atoms with Crippen LogP contribution in [0.3, 0.4) is 0 Å². The second-order valence-corrected chi connectivity index (χ2v) is 9.17. The molecule has 1 fully saturated rings. The maximum Gasteiger partial charge on any atom is 0.251 e. The lowest BCUT2D eigenvalue weighted by Crippen LogP contribution is -2.49. The molecule has 0 aliphatic heterocycles. The lowest BCUT2D eigenvalue weighted by atomic mass is 9.91. The Morgan fingerprint density at radius 3 is 2.54 bits per heavy atom. The Morgan fingerprint density at radius 2 is 1.78 bits per heavy atom. The Kier molecular flexibility index (Phi) is 7.01. The van der Waals surface area contributed by atoms with Crippen LogP contribution in [0.15, 0.2) is 59.1 Å². The highest BCUT2D eigenvalue weighted by molar-refractivity contribution is 5.98. The third-order valence-corrected chi connectivity index (χ3v) is 6.95. The monoisotopic (exact) mass is 501 g/mol. The van der Waals surface area contributed by atoms with Crippen molar-refractivity contribution in [3.63, 3.8) is 0 Å². The van der Waals surface area contributed by atoms with Crippen molar-refractivity contribution >= 4 is 17.0 Å². The van der Waals surface area contributed by atoms with Gasteiger partial charge >= 0.3 is 0 Å². The number of fused-ring (bicyclic) bond motifs is 1. The zero-order chi connectivity index (χ0) is 25.9. The van der Waals surface area contributed by atoms with Gasteiger partial charge in [-0.3, -0.25) is 9.78 Å². The smallest absolute Gasteiger partial charge is 0.251 e. The van der Waals surface area contributed by atoms with Crippen LogP contribution >= 0.6 is 0 Å². The van der Waals surface area contributed by atoms with Crippen LogP contribution in [0, 0.1) is 0 Å². The van der Waals surface area contributed by atoms with Gasteiger partial charge in [0.25, 0.3) is 5.91 Å². The van der Waals surface area contributed by atoms with E-state index < -0.39 is 0 Å². The van der Waals surface area contributed by atoms with Gasteiger partial charge < -0.3 is 29.7 Å². The van der Waals surface area contributed by atoms with Gasteiger partial charge in [0.15, 0.2) is 17.1 Å². The van der Waals surface area contributed by atoms with Gasteiger partial charge in [0.1, 0.15) is 11.3 Å². The van der Waals surface area contributed by atoms with Crippen molar-refractivity contribution in [1.82, 2.24) is 10.3 Å². The van der Waals surface area contributed by atoms with Crippen LogP contribution in [0.2, 0.25) is 0 Å². The molecule has 2 aromatic carbocycles. The summed E-state index contributed by atoms with van der Waals surface area (Å²) in [6.07, 6.45) is 5.77. The van der Waals surface area contributed by atoms with Gasteiger partial charge in [-0.15, -0.1) is 0 Å². The van der Waals surface area contributed by atoms with E-state index in [-0.39, 0.29) is 18.0 Å². The van der Waals surface area contributed by atoms with Crippen molar-refractivity contribution in [2.75, 3.05) is 21.3 Å². The summed E-state index contributed by atoms with van der Waals surface area (Å²) in [5.41, 5.74) is 10.5. The van der Waals surface area contributed by atoms with Gasteiger partial charge in [0.05, 0.1) is 26.9 Å². The Balaban J connectivity index is 1.51. The molecular weight excluding hydrogens is 470 g/mol. The van der Waals surface area contributed by atoms with Crippen molar-refractivity contribution in [1.29, 1.82) is 0 Å². The van der Waals surface area contributed by atoms with Crippen LogP contribution in [0.5, 0.6) is 17.2 Å². The fraction of sp³-hybridized carbons (Fsp3) is 0.310. The molecule has 2 atom stereocenters. The van der Waals surface area contributed by atoms with E-state index in [1.165, 1.54) is 0 Å². The average molecular weight is 502 g/mol. The fourth-order valence-corrected chi connectivity index (χ4v) is 5.01. The van der Waals surface area contributed by atoms with Crippen molar-refractivity contribution in [2.45, 2.75) is 37.8 Å². The molecule has 1 aliphatic rings. The zero-order valence-electron chi connectivity index (χ0n) is 21.2. The van der Waals surface area contributed by atoms with E-state index in [4.69, 9.17) is 24.4 Å². The molecular formula is C29H31N3O5. The summed E-state index contributed by atoms with van der Waals surface area (Å²) in [5.74, 6) is 1.99. The van der Waals surface area contributed by atoms with Gasteiger partial charge in [0, 0.05) is 35.5 Å². The minimum atomic E-state index is -0.121. The quantitative estimate of drug-likeness (QED) is 0.359. The lowest BCUT2D eigenvalue weighted by Gasteiger charge is -2.29. The number of nitrogens with zero attached hydrogens (tertiary/aromatic N) is 1. The van der Waals surface area contributed by atoms with E-state index in [0.29, 0.717) is 45.2 Å². The van der Waals surface area contributed by atoms with E-state index in [1.54, 1.807) is 33.6 Å². The largest absolute Gasteiger partial charge is 0.493 e. The molecule has 3 N–H and O–H groups in total. The standard InChI is InChI=1S/C29H31N3O5/c1-34-24-12-11-20(27(35-2)28(24)36-3)25-16-23-26(37-25)19(13-14-31-23)17-7-6-8-18(15-17)29(33)32-22-10-5-4-9-21(22)30/h6-8,11-16,21-22H,4-5,9-10,30H2,1-3H3,(H,32,33). The first-order valence-corrected chi connectivity index (χ1v) is 12.4. The number of aromatic nitrogens is 1. The van der Waals surface area contributed by atoms with E-state index in [0.717, 1.165) is 36.8 Å². The van der Waals surface area contributed by atoms with Crippen molar-refractivity contribution in [3.8, 4) is 39.7 Å². The van der Waals surface area contributed by atoms with Crippen LogP contribution in [0.4, 0.5) is 0 Å². The summed E-state index contributed by atoms with van der Waals surface area (Å²) < 4.78 is 22.9. The molecule has 1 saturated carbocycles. The number of methoxy groups -OCH3 is 3. The second kappa shape index (κ2) is 10.5. The second-order valence-electron chi connectivity index (χ2n) is 9.17. The number of pyridine rings is 1. The minimum absolute atomic E-state index is 0.00152. The predicted octanol–water partition coefficient (Wildman–Crippen LogP) is 5.19. The molecule has 0 spiro atoms. The zero-order valence-corrected chi connectivity index (χ0v) is 21.2. The molecule has 2 heterocycles. The van der Waals surface area contributed by atoms with Gasteiger partial charge in [0.2, 0.25) is 5.75 Å². The first-order chi connectivity index (χ1) is 18.0. The number of rotatable bonds is 7. The normalized spacial score (nSPS) is 17.4. The molecule has 2 aromatic heterocycles. The molecule has 37 heavy (non-hydrogen) atoms. The highest BCUT2D eigenvalue weighted by Gasteiger charge is 2.24. The molecule has 2 unspecified atom stereocenters. The number of nitrogens with one attached hydrogen (secondary N) is 1. The Labute approximate surface area is 215 Å². The lowest BCUT2D eigenvalue weighted by molar-refractivity contribution is 0.0921. The van der Waals surface area contributed by atoms with Gasteiger partial charge in [-0.1, -0.05) is 25.0 Å². The summed E-state index contributed by atoms with van der Waals surface area (Å²) in [6.45, 7) is 0. The molecule has 1 aliphatic carbocycles. The summed E-state index contributed by atoms with van der Waals surface area (Å²) in [7, 11) is 4.71.